The van der Waals surface area contributed by atoms with Gasteiger partial charge in [-0.25, -0.2) is 0 Å². The first-order chi connectivity index (χ1) is 11.7. The molecular weight excluding hydrogens is 320 g/mol. The lowest BCUT2D eigenvalue weighted by Gasteiger charge is -2.22. The van der Waals surface area contributed by atoms with Gasteiger partial charge in [-0.1, -0.05) is 12.1 Å². The van der Waals surface area contributed by atoms with Crippen molar-refractivity contribution in [3.63, 3.8) is 0 Å². The van der Waals surface area contributed by atoms with Gasteiger partial charge in [-0.2, -0.15) is 0 Å². The first-order valence-electron chi connectivity index (χ1n) is 8.56. The van der Waals surface area contributed by atoms with E-state index >= 15 is 0 Å². The second-order valence-electron chi connectivity index (χ2n) is 7.42. The molecule has 1 saturated carbocycles. The molecule has 2 N–H and O–H groups in total. The molecule has 0 heterocycles. The van der Waals surface area contributed by atoms with Gasteiger partial charge in [0.25, 0.3) is 5.91 Å². The van der Waals surface area contributed by atoms with E-state index in [1.165, 1.54) is 6.92 Å². The molecule has 1 atom stereocenters. The molecule has 1 aliphatic carbocycles. The van der Waals surface area contributed by atoms with Crippen molar-refractivity contribution in [1.29, 1.82) is 0 Å². The smallest absolute Gasteiger partial charge is 0.318 e. The molecule has 0 spiro atoms. The summed E-state index contributed by atoms with van der Waals surface area (Å²) < 4.78 is 5.21. The normalized spacial score (nSPS) is 15.2. The van der Waals surface area contributed by atoms with E-state index in [4.69, 9.17) is 4.74 Å². The van der Waals surface area contributed by atoms with Crippen molar-refractivity contribution in [3.05, 3.63) is 35.4 Å². The van der Waals surface area contributed by atoms with Crippen LogP contribution in [-0.4, -0.2) is 29.4 Å². The molecule has 1 aromatic carbocycles. The van der Waals surface area contributed by atoms with Gasteiger partial charge in [-0.3, -0.25) is 14.4 Å². The average Bonchev–Trinajstić information content (AvgIpc) is 3.34. The lowest BCUT2D eigenvalue weighted by Crippen LogP contribution is -2.37. The zero-order valence-electron chi connectivity index (χ0n) is 15.2. The van der Waals surface area contributed by atoms with Gasteiger partial charge in [0, 0.05) is 18.2 Å². The quantitative estimate of drug-likeness (QED) is 0.611. The van der Waals surface area contributed by atoms with E-state index in [1.807, 2.05) is 6.07 Å². The first-order valence-corrected chi connectivity index (χ1v) is 8.56. The second kappa shape index (κ2) is 7.68. The summed E-state index contributed by atoms with van der Waals surface area (Å²) in [6, 6.07) is 7.39. The molecule has 136 valence electrons. The molecule has 0 unspecified atom stereocenters. The fraction of sp³-hybridized carbons (Fsp3) is 0.526. The minimum Gasteiger partial charge on any atom is -0.459 e. The summed E-state index contributed by atoms with van der Waals surface area (Å²) in [5.41, 5.74) is 0.738. The molecule has 1 aromatic rings. The number of ether oxygens (including phenoxy) is 1. The van der Waals surface area contributed by atoms with Gasteiger partial charge in [0.05, 0.1) is 0 Å². The maximum absolute atomic E-state index is 12.1. The zero-order chi connectivity index (χ0) is 18.6. The zero-order valence-corrected chi connectivity index (χ0v) is 15.2. The Bertz CT molecular complexity index is 660. The number of amides is 2. The molecule has 2 amide bonds. The van der Waals surface area contributed by atoms with Crippen LogP contribution in [0.25, 0.3) is 0 Å². The van der Waals surface area contributed by atoms with Crippen LogP contribution in [0.5, 0.6) is 0 Å². The fourth-order valence-electron chi connectivity index (χ4n) is 2.16. The topological polar surface area (TPSA) is 84.5 Å². The van der Waals surface area contributed by atoms with E-state index in [1.54, 1.807) is 39.0 Å². The lowest BCUT2D eigenvalue weighted by molar-refractivity contribution is -0.161. The highest BCUT2D eigenvalue weighted by atomic mass is 16.6. The summed E-state index contributed by atoms with van der Waals surface area (Å²) in [6.45, 7) is 7.04. The van der Waals surface area contributed by atoms with E-state index in [9.17, 15) is 14.4 Å². The Hall–Kier alpha value is -2.37. The van der Waals surface area contributed by atoms with Gasteiger partial charge in [0.2, 0.25) is 5.91 Å². The number of hydrogen-bond donors (Lipinski definition) is 2. The molecule has 0 aliphatic heterocycles. The van der Waals surface area contributed by atoms with E-state index in [0.717, 1.165) is 18.4 Å². The van der Waals surface area contributed by atoms with Crippen molar-refractivity contribution in [2.75, 3.05) is 0 Å². The molecule has 6 heteroatoms. The van der Waals surface area contributed by atoms with Gasteiger partial charge in [-0.15, -0.1) is 0 Å². The number of benzene rings is 1. The van der Waals surface area contributed by atoms with E-state index in [0.29, 0.717) is 11.6 Å². The van der Waals surface area contributed by atoms with Crippen molar-refractivity contribution >= 4 is 17.8 Å². The number of hydrogen-bond acceptors (Lipinski definition) is 4. The molecule has 0 aromatic heterocycles. The van der Waals surface area contributed by atoms with Gasteiger partial charge in [-0.05, 0) is 58.2 Å². The number of carbonyl (C=O) groups is 3. The fourth-order valence-corrected chi connectivity index (χ4v) is 2.16. The Morgan fingerprint density at radius 2 is 1.92 bits per heavy atom. The highest BCUT2D eigenvalue weighted by Crippen LogP contribution is 2.19. The Labute approximate surface area is 148 Å². The monoisotopic (exact) mass is 346 g/mol. The van der Waals surface area contributed by atoms with Crippen LogP contribution < -0.4 is 10.6 Å². The van der Waals surface area contributed by atoms with Gasteiger partial charge >= 0.3 is 5.97 Å². The number of carbonyl (C=O) groups excluding carboxylic acids is 3. The predicted molar refractivity (Wildman–Crippen MR) is 93.8 cm³/mol. The van der Waals surface area contributed by atoms with Crippen LogP contribution in [0.15, 0.2) is 24.3 Å². The Balaban J connectivity index is 1.88. The summed E-state index contributed by atoms with van der Waals surface area (Å²) in [4.78, 5) is 36.1. The average molecular weight is 346 g/mol. The molecule has 25 heavy (non-hydrogen) atoms. The van der Waals surface area contributed by atoms with E-state index in [-0.39, 0.29) is 12.5 Å². The first kappa shape index (κ1) is 19.0. The predicted octanol–water partition coefficient (Wildman–Crippen LogP) is 2.17. The van der Waals surface area contributed by atoms with Crippen LogP contribution in [0.2, 0.25) is 0 Å². The molecule has 6 nitrogen and oxygen atoms in total. The van der Waals surface area contributed by atoms with Crippen LogP contribution in [0.3, 0.4) is 0 Å². The summed E-state index contributed by atoms with van der Waals surface area (Å²) in [5, 5.41) is 5.64. The standard InChI is InChI=1S/C19H26N2O4/c1-12(18(24)25-19(2,3)4)16(22)20-11-13-6-5-7-14(10-13)17(23)21-15-8-9-15/h5-7,10,12,15H,8-9,11H2,1-4H3,(H,20,22)(H,21,23)/t12-/m1/s1. The molecule has 2 rings (SSSR count). The minimum absolute atomic E-state index is 0.0993. The molecular formula is C19H26N2O4. The number of nitrogens with one attached hydrogen (secondary N) is 2. The van der Waals surface area contributed by atoms with Gasteiger partial charge in [0.1, 0.15) is 11.5 Å². The van der Waals surface area contributed by atoms with Crippen LogP contribution in [-0.2, 0) is 20.9 Å². The molecule has 0 bridgehead atoms. The maximum atomic E-state index is 12.1. The van der Waals surface area contributed by atoms with Crippen molar-refractivity contribution < 1.29 is 19.1 Å². The molecule has 1 aliphatic rings. The number of rotatable bonds is 6. The highest BCUT2D eigenvalue weighted by Gasteiger charge is 2.27. The van der Waals surface area contributed by atoms with E-state index < -0.39 is 23.4 Å². The van der Waals surface area contributed by atoms with E-state index in [2.05, 4.69) is 10.6 Å². The molecule has 0 radical (unpaired) electrons. The van der Waals surface area contributed by atoms with Crippen LogP contribution >= 0.6 is 0 Å². The van der Waals surface area contributed by atoms with Crippen molar-refractivity contribution in [2.24, 2.45) is 5.92 Å². The maximum Gasteiger partial charge on any atom is 0.318 e. The Morgan fingerprint density at radius 3 is 2.52 bits per heavy atom. The third-order valence-corrected chi connectivity index (χ3v) is 3.72. The third-order valence-electron chi connectivity index (χ3n) is 3.72. The summed E-state index contributed by atoms with van der Waals surface area (Å²) >= 11 is 0. The van der Waals surface area contributed by atoms with Crippen molar-refractivity contribution in [2.45, 2.75) is 58.7 Å². The van der Waals surface area contributed by atoms with Crippen LogP contribution in [0.1, 0.15) is 56.5 Å². The second-order valence-corrected chi connectivity index (χ2v) is 7.42. The SMILES string of the molecule is C[C@H](C(=O)NCc1cccc(C(=O)NC2CC2)c1)C(=O)OC(C)(C)C. The summed E-state index contributed by atoms with van der Waals surface area (Å²) in [7, 11) is 0. The minimum atomic E-state index is -0.888. The summed E-state index contributed by atoms with van der Waals surface area (Å²) in [6.07, 6.45) is 2.06. The van der Waals surface area contributed by atoms with Gasteiger partial charge < -0.3 is 15.4 Å². The highest BCUT2D eigenvalue weighted by molar-refractivity contribution is 5.97. The number of esters is 1. The molecule has 0 saturated heterocycles. The summed E-state index contributed by atoms with van der Waals surface area (Å²) in [5.74, 6) is -1.94. The van der Waals surface area contributed by atoms with Crippen molar-refractivity contribution in [3.8, 4) is 0 Å². The van der Waals surface area contributed by atoms with Gasteiger partial charge in [0.15, 0.2) is 0 Å². The van der Waals surface area contributed by atoms with Crippen LogP contribution in [0.4, 0.5) is 0 Å². The van der Waals surface area contributed by atoms with Crippen molar-refractivity contribution in [1.82, 2.24) is 10.6 Å². The Morgan fingerprint density at radius 1 is 1.24 bits per heavy atom. The third kappa shape index (κ3) is 6.21. The largest absolute Gasteiger partial charge is 0.459 e. The lowest BCUT2D eigenvalue weighted by atomic mass is 10.1. The Kier molecular flexibility index (Phi) is 5.82. The van der Waals surface area contributed by atoms with Crippen LogP contribution in [0, 0.1) is 5.92 Å². The molecule has 1 fully saturated rings.